The molecule has 0 aliphatic carbocycles. The number of primary amides is 1. The molecule has 1 unspecified atom stereocenters. The first-order valence-electron chi connectivity index (χ1n) is 12.9. The molecular formula is C26H32F3N5O7. The van der Waals surface area contributed by atoms with Crippen LogP contribution in [-0.4, -0.2) is 57.8 Å². The van der Waals surface area contributed by atoms with Gasteiger partial charge in [0.15, 0.2) is 5.60 Å². The van der Waals surface area contributed by atoms with E-state index in [1.165, 1.54) is 12.1 Å². The van der Waals surface area contributed by atoms with E-state index in [9.17, 15) is 32.3 Å². The van der Waals surface area contributed by atoms with E-state index in [-0.39, 0.29) is 43.3 Å². The van der Waals surface area contributed by atoms with Gasteiger partial charge >= 0.3 is 24.3 Å². The van der Waals surface area contributed by atoms with Crippen LogP contribution < -0.4 is 11.2 Å². The van der Waals surface area contributed by atoms with Gasteiger partial charge in [0, 0.05) is 17.9 Å². The van der Waals surface area contributed by atoms with Crippen molar-refractivity contribution in [3.05, 3.63) is 35.7 Å². The van der Waals surface area contributed by atoms with Crippen molar-refractivity contribution in [1.82, 2.24) is 20.6 Å². The average molecular weight is 584 g/mol. The van der Waals surface area contributed by atoms with E-state index < -0.39 is 52.6 Å². The second-order valence-corrected chi connectivity index (χ2v) is 10.6. The van der Waals surface area contributed by atoms with Crippen molar-refractivity contribution in [1.29, 1.82) is 0 Å². The Labute approximate surface area is 233 Å². The first-order valence-corrected chi connectivity index (χ1v) is 12.9. The van der Waals surface area contributed by atoms with E-state index in [0.717, 1.165) is 17.1 Å². The maximum atomic E-state index is 13.8. The summed E-state index contributed by atoms with van der Waals surface area (Å²) in [6, 6.07) is 4.11. The monoisotopic (exact) mass is 583 g/mol. The lowest BCUT2D eigenvalue weighted by Gasteiger charge is -2.44. The summed E-state index contributed by atoms with van der Waals surface area (Å²) in [5.41, 5.74) is 4.05. The third-order valence-corrected chi connectivity index (χ3v) is 6.69. The van der Waals surface area contributed by atoms with Crippen LogP contribution in [0, 0.1) is 11.3 Å². The number of benzene rings is 1. The number of nitrogens with two attached hydrogens (primary N) is 1. The number of ketones is 1. The number of nitrogens with one attached hydrogen (secondary N) is 1. The average Bonchev–Trinajstić information content (AvgIpc) is 3.52. The number of hydrazine groups is 1. The van der Waals surface area contributed by atoms with Gasteiger partial charge in [0.25, 0.3) is 5.78 Å². The van der Waals surface area contributed by atoms with E-state index >= 15 is 0 Å². The molecule has 1 fully saturated rings. The molecule has 1 aromatic carbocycles. The van der Waals surface area contributed by atoms with Gasteiger partial charge in [-0.1, -0.05) is 34.1 Å². The molecule has 15 heteroatoms. The van der Waals surface area contributed by atoms with Crippen LogP contribution in [0.25, 0.3) is 11.5 Å². The summed E-state index contributed by atoms with van der Waals surface area (Å²) in [6.07, 6.45) is -6.01. The number of alkyl halides is 3. The largest absolute Gasteiger partial charge is 0.446 e. The van der Waals surface area contributed by atoms with Crippen LogP contribution in [0.2, 0.25) is 0 Å². The fourth-order valence-electron chi connectivity index (χ4n) is 4.69. The Bertz CT molecular complexity index is 1270. The van der Waals surface area contributed by atoms with Crippen molar-refractivity contribution in [2.24, 2.45) is 17.1 Å². The quantitative estimate of drug-likeness (QED) is 0.371. The molecule has 1 aliphatic heterocycles. The predicted octanol–water partition coefficient (Wildman–Crippen LogP) is 4.04. The molecule has 41 heavy (non-hydrogen) atoms. The van der Waals surface area contributed by atoms with Crippen LogP contribution in [0.3, 0.4) is 0 Å². The molecule has 1 saturated heterocycles. The second kappa shape index (κ2) is 12.1. The molecule has 1 aromatic heterocycles. The molecule has 12 nitrogen and oxygen atoms in total. The van der Waals surface area contributed by atoms with Crippen LogP contribution in [0.5, 0.6) is 0 Å². The molecule has 0 spiro atoms. The van der Waals surface area contributed by atoms with Crippen LogP contribution in [-0.2, 0) is 31.7 Å². The summed E-state index contributed by atoms with van der Waals surface area (Å²) in [4.78, 5) is 51.0. The number of ether oxygens (including phenoxy) is 2. The summed E-state index contributed by atoms with van der Waals surface area (Å²) in [7, 11) is 0. The van der Waals surface area contributed by atoms with Crippen molar-refractivity contribution >= 4 is 23.9 Å². The van der Waals surface area contributed by atoms with E-state index in [1.54, 1.807) is 20.8 Å². The lowest BCUT2D eigenvalue weighted by Crippen LogP contribution is -2.61. The molecule has 3 N–H and O–H groups in total. The zero-order valence-electron chi connectivity index (χ0n) is 23.0. The van der Waals surface area contributed by atoms with Gasteiger partial charge in [0.1, 0.15) is 6.61 Å². The summed E-state index contributed by atoms with van der Waals surface area (Å²) in [6.45, 7) is 7.10. The Hall–Kier alpha value is -4.17. The lowest BCUT2D eigenvalue weighted by atomic mass is 9.65. The van der Waals surface area contributed by atoms with E-state index in [0.29, 0.717) is 12.8 Å². The zero-order chi connectivity index (χ0) is 30.6. The summed E-state index contributed by atoms with van der Waals surface area (Å²) in [5, 5.41) is 8.75. The Morgan fingerprint density at radius 3 is 2.32 bits per heavy atom. The number of hydrogen-bond donors (Lipinski definition) is 2. The van der Waals surface area contributed by atoms with Crippen molar-refractivity contribution < 1.29 is 46.2 Å². The second-order valence-electron chi connectivity index (χ2n) is 10.6. The van der Waals surface area contributed by atoms with Crippen LogP contribution in [0.15, 0.2) is 28.7 Å². The summed E-state index contributed by atoms with van der Waals surface area (Å²) in [5.74, 6) is -3.42. The Balaban J connectivity index is 2.00. The number of cyclic esters (lactones) is 1. The number of carbonyl (C=O) groups excluding carboxylic acids is 4. The fraction of sp³-hybridized carbons (Fsp3) is 0.538. The van der Waals surface area contributed by atoms with Crippen molar-refractivity contribution in [2.45, 2.75) is 65.2 Å². The predicted molar refractivity (Wildman–Crippen MR) is 136 cm³/mol. The van der Waals surface area contributed by atoms with Gasteiger partial charge in [-0.05, 0) is 42.5 Å². The minimum absolute atomic E-state index is 0.00784. The molecule has 2 aromatic rings. The van der Waals surface area contributed by atoms with Crippen LogP contribution in [0.4, 0.5) is 22.8 Å². The number of aromatic nitrogens is 2. The van der Waals surface area contributed by atoms with E-state index in [4.69, 9.17) is 19.6 Å². The maximum absolute atomic E-state index is 13.8. The zero-order valence-corrected chi connectivity index (χ0v) is 23.0. The number of halogens is 3. The first kappa shape index (κ1) is 31.4. The topological polar surface area (TPSA) is 167 Å². The number of nitrogens with zero attached hydrogens (tertiary/aromatic N) is 3. The number of hydrogen-bond acceptors (Lipinski definition) is 9. The molecule has 0 radical (unpaired) electrons. The molecule has 3 rings (SSSR count). The number of carbonyl (C=O) groups is 4. The Kier molecular flexibility index (Phi) is 9.29. The van der Waals surface area contributed by atoms with Gasteiger partial charge in [0.05, 0.1) is 12.1 Å². The van der Waals surface area contributed by atoms with Gasteiger partial charge < -0.3 is 19.6 Å². The van der Waals surface area contributed by atoms with Gasteiger partial charge in [-0.25, -0.2) is 14.6 Å². The molecule has 2 heterocycles. The maximum Gasteiger partial charge on any atom is 0.428 e. The van der Waals surface area contributed by atoms with Crippen molar-refractivity contribution in [3.63, 3.8) is 0 Å². The van der Waals surface area contributed by atoms with Gasteiger partial charge in [-0.3, -0.25) is 15.0 Å². The first-order chi connectivity index (χ1) is 19.1. The molecule has 224 valence electrons. The number of amides is 3. The standard InChI is InChI=1S/C26H32F3N5O7/c1-5-6-11-25(41-22(30)37,19(35)20(36)33-34-12-13-39-23(34)38)17(24(2,3)4)14-18-31-32-21(40-18)15-7-9-16(10-8-15)26(27,28)29/h7-10,17H,5-6,11-14H2,1-4H3,(H2,30,37)(H,33,36)/t17?,25-/m0/s1. The highest BCUT2D eigenvalue weighted by atomic mass is 19.4. The highest BCUT2D eigenvalue weighted by molar-refractivity contribution is 6.39. The Morgan fingerprint density at radius 2 is 1.80 bits per heavy atom. The SMILES string of the molecule is CCCC[C@@](OC(N)=O)(C(=O)C(=O)NN1CCOC1=O)C(Cc1nnc(-c2ccc(C(F)(F)F)cc2)o1)C(C)(C)C. The van der Waals surface area contributed by atoms with Gasteiger partial charge in [0.2, 0.25) is 11.8 Å². The minimum atomic E-state index is -4.52. The number of rotatable bonds is 11. The molecule has 0 bridgehead atoms. The van der Waals surface area contributed by atoms with Crippen LogP contribution in [0.1, 0.15) is 58.4 Å². The van der Waals surface area contributed by atoms with E-state index in [1.807, 2.05) is 6.92 Å². The number of unbranched alkanes of at least 4 members (excludes halogenated alkanes) is 1. The van der Waals surface area contributed by atoms with Crippen LogP contribution >= 0.6 is 0 Å². The highest BCUT2D eigenvalue weighted by Gasteiger charge is 2.56. The fourth-order valence-corrected chi connectivity index (χ4v) is 4.69. The number of Topliss-reactive ketones (excluding diaryl/α,β-unsaturated/α-hetero) is 1. The molecule has 3 amide bonds. The molecular weight excluding hydrogens is 551 g/mol. The van der Waals surface area contributed by atoms with Gasteiger partial charge in [-0.2, -0.15) is 13.2 Å². The summed E-state index contributed by atoms with van der Waals surface area (Å²) < 4.78 is 54.9. The lowest BCUT2D eigenvalue weighted by molar-refractivity contribution is -0.160. The molecule has 0 saturated carbocycles. The van der Waals surface area contributed by atoms with E-state index in [2.05, 4.69) is 15.6 Å². The minimum Gasteiger partial charge on any atom is -0.446 e. The smallest absolute Gasteiger partial charge is 0.428 e. The highest BCUT2D eigenvalue weighted by Crippen LogP contribution is 2.43. The summed E-state index contributed by atoms with van der Waals surface area (Å²) >= 11 is 0. The third kappa shape index (κ3) is 7.32. The normalized spacial score (nSPS) is 16.1. The Morgan fingerprint density at radius 1 is 1.15 bits per heavy atom. The molecule has 2 atom stereocenters. The molecule has 1 aliphatic rings. The van der Waals surface area contributed by atoms with Gasteiger partial charge in [-0.15, -0.1) is 10.2 Å². The third-order valence-electron chi connectivity index (χ3n) is 6.69. The van der Waals surface area contributed by atoms with Crippen molar-refractivity contribution in [2.75, 3.05) is 13.2 Å². The van der Waals surface area contributed by atoms with Crippen molar-refractivity contribution in [3.8, 4) is 11.5 Å².